The molecule has 22 heavy (non-hydrogen) atoms. The van der Waals surface area contributed by atoms with Crippen LogP contribution in [0, 0.1) is 17.8 Å². The summed E-state index contributed by atoms with van der Waals surface area (Å²) in [4.78, 5) is 23.9. The van der Waals surface area contributed by atoms with E-state index in [1.54, 1.807) is 0 Å². The molecule has 3 rings (SSSR count). The molecule has 0 saturated heterocycles. The number of carbonyl (C=O) groups excluding carboxylic acids is 2. The van der Waals surface area contributed by atoms with Crippen molar-refractivity contribution < 1.29 is 19.1 Å². The third kappa shape index (κ3) is 2.84. The molecule has 3 unspecified atom stereocenters. The van der Waals surface area contributed by atoms with Crippen molar-refractivity contribution in [1.29, 1.82) is 0 Å². The predicted octanol–water partition coefficient (Wildman–Crippen LogP) is 2.28. The van der Waals surface area contributed by atoms with Crippen molar-refractivity contribution in [2.45, 2.75) is 19.1 Å². The van der Waals surface area contributed by atoms with Gasteiger partial charge in [0.2, 0.25) is 0 Å². The lowest BCUT2D eigenvalue weighted by molar-refractivity contribution is -0.147. The number of alkyl carbamates (subject to hydrolysis) is 1. The molecule has 1 N–H and O–H groups in total. The number of esters is 1. The third-order valence-electron chi connectivity index (χ3n) is 4.43. The van der Waals surface area contributed by atoms with Crippen LogP contribution in [0.3, 0.4) is 0 Å². The molecule has 1 amide bonds. The number of nitrogens with one attached hydrogen (secondary N) is 1. The molecule has 1 aromatic carbocycles. The van der Waals surface area contributed by atoms with Crippen molar-refractivity contribution in [2.75, 3.05) is 7.11 Å². The Kier molecular flexibility index (Phi) is 4.13. The molecule has 5 heteroatoms. The number of amides is 1. The summed E-state index contributed by atoms with van der Waals surface area (Å²) < 4.78 is 10.1. The zero-order valence-corrected chi connectivity index (χ0v) is 12.4. The highest BCUT2D eigenvalue weighted by Gasteiger charge is 2.49. The average Bonchev–Trinajstić information content (AvgIpc) is 3.14. The fraction of sp³-hybridized carbons (Fsp3) is 0.412. The Balaban J connectivity index is 1.58. The van der Waals surface area contributed by atoms with E-state index in [4.69, 9.17) is 9.47 Å². The van der Waals surface area contributed by atoms with Crippen LogP contribution in [-0.2, 0) is 20.9 Å². The SMILES string of the molecule is COC(=O)[C@@H]1C2C=CC(C2)C1NC(=O)OCc1ccccc1. The van der Waals surface area contributed by atoms with E-state index in [2.05, 4.69) is 11.4 Å². The second-order valence-electron chi connectivity index (χ2n) is 5.73. The Bertz CT molecular complexity index is 584. The average molecular weight is 301 g/mol. The van der Waals surface area contributed by atoms with Crippen molar-refractivity contribution in [3.05, 3.63) is 48.0 Å². The van der Waals surface area contributed by atoms with Gasteiger partial charge in [-0.1, -0.05) is 42.5 Å². The predicted molar refractivity (Wildman–Crippen MR) is 79.8 cm³/mol. The number of hydrogen-bond acceptors (Lipinski definition) is 4. The molecule has 1 fully saturated rings. The topological polar surface area (TPSA) is 64.6 Å². The van der Waals surface area contributed by atoms with Crippen molar-refractivity contribution in [2.24, 2.45) is 17.8 Å². The summed E-state index contributed by atoms with van der Waals surface area (Å²) in [7, 11) is 1.38. The van der Waals surface area contributed by atoms with E-state index < -0.39 is 6.09 Å². The van der Waals surface area contributed by atoms with Gasteiger partial charge in [0.05, 0.1) is 19.1 Å². The summed E-state index contributed by atoms with van der Waals surface area (Å²) >= 11 is 0. The second kappa shape index (κ2) is 6.22. The number of carbonyl (C=O) groups is 2. The number of methoxy groups -OCH3 is 1. The maximum Gasteiger partial charge on any atom is 0.407 e. The van der Waals surface area contributed by atoms with Gasteiger partial charge in [-0.3, -0.25) is 4.79 Å². The zero-order valence-electron chi connectivity index (χ0n) is 12.4. The third-order valence-corrected chi connectivity index (χ3v) is 4.43. The minimum atomic E-state index is -0.497. The maximum atomic E-state index is 12.0. The van der Waals surface area contributed by atoms with Crippen LogP contribution < -0.4 is 5.32 Å². The fourth-order valence-electron chi connectivity index (χ4n) is 3.38. The molecule has 0 aromatic heterocycles. The minimum absolute atomic E-state index is 0.150. The van der Waals surface area contributed by atoms with Crippen molar-refractivity contribution in [1.82, 2.24) is 5.32 Å². The van der Waals surface area contributed by atoms with Gasteiger partial charge in [0.25, 0.3) is 0 Å². The summed E-state index contributed by atoms with van der Waals surface area (Å²) in [6, 6.07) is 9.24. The van der Waals surface area contributed by atoms with Crippen molar-refractivity contribution >= 4 is 12.1 Å². The summed E-state index contributed by atoms with van der Waals surface area (Å²) in [5.41, 5.74) is 0.926. The van der Waals surface area contributed by atoms with E-state index in [1.165, 1.54) is 7.11 Å². The molecular weight excluding hydrogens is 282 g/mol. The Morgan fingerprint density at radius 3 is 2.64 bits per heavy atom. The Labute approximate surface area is 129 Å². The lowest BCUT2D eigenvalue weighted by Crippen LogP contribution is -2.46. The van der Waals surface area contributed by atoms with Gasteiger partial charge in [0.15, 0.2) is 0 Å². The number of fused-ring (bicyclic) bond motifs is 2. The van der Waals surface area contributed by atoms with E-state index in [1.807, 2.05) is 36.4 Å². The van der Waals surface area contributed by atoms with Crippen LogP contribution in [0.15, 0.2) is 42.5 Å². The normalized spacial score (nSPS) is 28.4. The van der Waals surface area contributed by atoms with E-state index >= 15 is 0 Å². The molecule has 0 aliphatic heterocycles. The van der Waals surface area contributed by atoms with Crippen LogP contribution in [0.4, 0.5) is 4.79 Å². The summed E-state index contributed by atoms with van der Waals surface area (Å²) in [6.07, 6.45) is 4.48. The minimum Gasteiger partial charge on any atom is -0.469 e. The molecule has 0 radical (unpaired) electrons. The molecule has 4 atom stereocenters. The first-order valence-electron chi connectivity index (χ1n) is 7.42. The summed E-state index contributed by atoms with van der Waals surface area (Å²) in [6.45, 7) is 0.215. The summed E-state index contributed by atoms with van der Waals surface area (Å²) in [5, 5.41) is 2.83. The van der Waals surface area contributed by atoms with Gasteiger partial charge in [0.1, 0.15) is 6.61 Å². The number of hydrogen-bond donors (Lipinski definition) is 1. The Hall–Kier alpha value is -2.30. The van der Waals surface area contributed by atoms with Gasteiger partial charge in [-0.05, 0) is 23.8 Å². The van der Waals surface area contributed by atoms with Crippen LogP contribution in [0.25, 0.3) is 0 Å². The zero-order chi connectivity index (χ0) is 15.5. The molecule has 1 saturated carbocycles. The van der Waals surface area contributed by atoms with Gasteiger partial charge < -0.3 is 14.8 Å². The lowest BCUT2D eigenvalue weighted by Gasteiger charge is -2.26. The first-order chi connectivity index (χ1) is 10.7. The quantitative estimate of drug-likeness (QED) is 0.684. The van der Waals surface area contributed by atoms with Gasteiger partial charge >= 0.3 is 12.1 Å². The number of allylic oxidation sites excluding steroid dienone is 1. The van der Waals surface area contributed by atoms with Crippen LogP contribution in [-0.4, -0.2) is 25.2 Å². The van der Waals surface area contributed by atoms with Crippen LogP contribution in [0.2, 0.25) is 0 Å². The number of benzene rings is 1. The van der Waals surface area contributed by atoms with Crippen LogP contribution in [0.5, 0.6) is 0 Å². The van der Waals surface area contributed by atoms with Gasteiger partial charge in [0, 0.05) is 0 Å². The highest BCUT2D eigenvalue weighted by Crippen LogP contribution is 2.44. The van der Waals surface area contributed by atoms with Crippen LogP contribution >= 0.6 is 0 Å². The fourth-order valence-corrected chi connectivity index (χ4v) is 3.38. The number of rotatable bonds is 4. The standard InChI is InChI=1S/C17H19NO4/c1-21-16(19)14-12-7-8-13(9-12)15(14)18-17(20)22-10-11-5-3-2-4-6-11/h2-8,12-15H,9-10H2,1H3,(H,18,20)/t12?,13?,14-,15?/m1/s1. The second-order valence-corrected chi connectivity index (χ2v) is 5.73. The van der Waals surface area contributed by atoms with E-state index in [0.717, 1.165) is 12.0 Å². The molecular formula is C17H19NO4. The van der Waals surface area contributed by atoms with Crippen molar-refractivity contribution in [3.8, 4) is 0 Å². The first kappa shape index (κ1) is 14.6. The van der Waals surface area contributed by atoms with Crippen molar-refractivity contribution in [3.63, 3.8) is 0 Å². The number of ether oxygens (including phenoxy) is 2. The molecule has 0 spiro atoms. The maximum absolute atomic E-state index is 12.0. The largest absolute Gasteiger partial charge is 0.469 e. The monoisotopic (exact) mass is 301 g/mol. The lowest BCUT2D eigenvalue weighted by atomic mass is 9.89. The molecule has 5 nitrogen and oxygen atoms in total. The molecule has 116 valence electrons. The molecule has 1 aromatic rings. The Morgan fingerprint density at radius 1 is 1.18 bits per heavy atom. The smallest absolute Gasteiger partial charge is 0.407 e. The molecule has 2 aliphatic carbocycles. The first-order valence-corrected chi connectivity index (χ1v) is 7.42. The van der Waals surface area contributed by atoms with Gasteiger partial charge in [-0.25, -0.2) is 4.79 Å². The highest BCUT2D eigenvalue weighted by atomic mass is 16.5. The molecule has 2 bridgehead atoms. The van der Waals surface area contributed by atoms with E-state index in [0.29, 0.717) is 0 Å². The van der Waals surface area contributed by atoms with Crippen LogP contribution in [0.1, 0.15) is 12.0 Å². The highest BCUT2D eigenvalue weighted by molar-refractivity contribution is 5.77. The van der Waals surface area contributed by atoms with E-state index in [9.17, 15) is 9.59 Å². The summed E-state index contributed by atoms with van der Waals surface area (Å²) in [5.74, 6) is -0.260. The Morgan fingerprint density at radius 2 is 1.91 bits per heavy atom. The molecule has 0 heterocycles. The van der Waals surface area contributed by atoms with Gasteiger partial charge in [-0.15, -0.1) is 0 Å². The van der Waals surface area contributed by atoms with Gasteiger partial charge in [-0.2, -0.15) is 0 Å². The molecule has 2 aliphatic rings. The van der Waals surface area contributed by atoms with E-state index in [-0.39, 0.29) is 36.4 Å².